The molecule has 1 aliphatic rings. The average Bonchev–Trinajstić information content (AvgIpc) is 2.38. The zero-order valence-corrected chi connectivity index (χ0v) is 12.0. The molecule has 0 saturated heterocycles. The van der Waals surface area contributed by atoms with E-state index < -0.39 is 0 Å². The molecular weight excluding hydrogens is 244 g/mol. The van der Waals surface area contributed by atoms with Crippen molar-refractivity contribution in [2.75, 3.05) is 0 Å². The summed E-state index contributed by atoms with van der Waals surface area (Å²) in [6, 6.07) is 17.5. The maximum atomic E-state index is 5.81. The van der Waals surface area contributed by atoms with E-state index in [1.165, 1.54) is 41.5 Å². The molecule has 1 aliphatic carbocycles. The van der Waals surface area contributed by atoms with Gasteiger partial charge in [0.05, 0.1) is 6.04 Å². The molecule has 0 heterocycles. The standard InChI is InChI=1S/C18H22N2/c1-13-5-2-9-16(11-13)18(20-19)17-10-4-8-15(12-17)14-6-3-7-14/h2,4-5,8-12,14,18,20H,3,6-7,19H2,1H3. The van der Waals surface area contributed by atoms with Crippen molar-refractivity contribution in [3.8, 4) is 0 Å². The minimum atomic E-state index is 0.0647. The highest BCUT2D eigenvalue weighted by Gasteiger charge is 2.21. The quantitative estimate of drug-likeness (QED) is 0.652. The van der Waals surface area contributed by atoms with Crippen LogP contribution in [0.3, 0.4) is 0 Å². The van der Waals surface area contributed by atoms with Crippen molar-refractivity contribution < 1.29 is 0 Å². The number of hydrogen-bond acceptors (Lipinski definition) is 2. The molecule has 2 heteroatoms. The molecule has 104 valence electrons. The monoisotopic (exact) mass is 266 g/mol. The minimum Gasteiger partial charge on any atom is -0.271 e. The number of hydrazine groups is 1. The van der Waals surface area contributed by atoms with Gasteiger partial charge in [0.1, 0.15) is 0 Å². The first kappa shape index (κ1) is 13.3. The van der Waals surface area contributed by atoms with Crippen molar-refractivity contribution in [1.82, 2.24) is 5.43 Å². The van der Waals surface area contributed by atoms with Gasteiger partial charge in [-0.25, -0.2) is 5.43 Å². The van der Waals surface area contributed by atoms with Crippen molar-refractivity contribution in [3.63, 3.8) is 0 Å². The van der Waals surface area contributed by atoms with Gasteiger partial charge < -0.3 is 0 Å². The largest absolute Gasteiger partial charge is 0.271 e. The molecule has 3 rings (SSSR count). The molecule has 1 atom stereocenters. The van der Waals surface area contributed by atoms with Gasteiger partial charge in [0.2, 0.25) is 0 Å². The summed E-state index contributed by atoms with van der Waals surface area (Å²) < 4.78 is 0. The summed E-state index contributed by atoms with van der Waals surface area (Å²) in [5.74, 6) is 6.57. The van der Waals surface area contributed by atoms with Crippen molar-refractivity contribution in [3.05, 3.63) is 70.8 Å². The molecule has 2 aromatic carbocycles. The lowest BCUT2D eigenvalue weighted by Crippen LogP contribution is -2.29. The van der Waals surface area contributed by atoms with Crippen molar-refractivity contribution in [2.24, 2.45) is 5.84 Å². The first-order valence-corrected chi connectivity index (χ1v) is 7.40. The molecule has 3 N–H and O–H groups in total. The van der Waals surface area contributed by atoms with Crippen LogP contribution in [0.25, 0.3) is 0 Å². The molecule has 0 spiro atoms. The number of aryl methyl sites for hydroxylation is 1. The fourth-order valence-electron chi connectivity index (χ4n) is 2.97. The van der Waals surface area contributed by atoms with E-state index in [-0.39, 0.29) is 6.04 Å². The van der Waals surface area contributed by atoms with E-state index in [0.29, 0.717) is 0 Å². The van der Waals surface area contributed by atoms with Crippen LogP contribution in [0.15, 0.2) is 48.5 Å². The Morgan fingerprint density at radius 1 is 1.05 bits per heavy atom. The molecule has 2 aromatic rings. The van der Waals surface area contributed by atoms with Crippen LogP contribution in [0.5, 0.6) is 0 Å². The topological polar surface area (TPSA) is 38.0 Å². The van der Waals surface area contributed by atoms with Crippen molar-refractivity contribution in [2.45, 2.75) is 38.1 Å². The van der Waals surface area contributed by atoms with E-state index in [0.717, 1.165) is 5.92 Å². The Kier molecular flexibility index (Phi) is 3.86. The first-order chi connectivity index (χ1) is 9.78. The van der Waals surface area contributed by atoms with Crippen molar-refractivity contribution in [1.29, 1.82) is 0 Å². The highest BCUT2D eigenvalue weighted by atomic mass is 15.2. The molecule has 0 radical (unpaired) electrons. The second kappa shape index (κ2) is 5.78. The Balaban J connectivity index is 1.92. The normalized spacial score (nSPS) is 16.7. The summed E-state index contributed by atoms with van der Waals surface area (Å²) in [6.07, 6.45) is 4.02. The molecule has 1 fully saturated rings. The predicted molar refractivity (Wildman–Crippen MR) is 83.4 cm³/mol. The number of hydrogen-bond donors (Lipinski definition) is 2. The molecule has 0 aliphatic heterocycles. The summed E-state index contributed by atoms with van der Waals surface area (Å²) in [5.41, 5.74) is 8.16. The van der Waals surface area contributed by atoms with Crippen LogP contribution in [0.2, 0.25) is 0 Å². The molecule has 1 unspecified atom stereocenters. The molecule has 2 nitrogen and oxygen atoms in total. The van der Waals surface area contributed by atoms with Crippen molar-refractivity contribution >= 4 is 0 Å². The molecule has 0 aromatic heterocycles. The number of rotatable bonds is 4. The molecule has 1 saturated carbocycles. The smallest absolute Gasteiger partial charge is 0.0710 e. The van der Waals surface area contributed by atoms with Crippen LogP contribution in [0.4, 0.5) is 0 Å². The number of nitrogens with two attached hydrogens (primary N) is 1. The van der Waals surface area contributed by atoms with Gasteiger partial charge in [0, 0.05) is 0 Å². The Hall–Kier alpha value is -1.64. The highest BCUT2D eigenvalue weighted by molar-refractivity contribution is 5.37. The second-order valence-electron chi connectivity index (χ2n) is 5.81. The lowest BCUT2D eigenvalue weighted by Gasteiger charge is -2.27. The number of nitrogens with one attached hydrogen (secondary N) is 1. The highest BCUT2D eigenvalue weighted by Crippen LogP contribution is 2.37. The minimum absolute atomic E-state index is 0.0647. The van der Waals surface area contributed by atoms with Gasteiger partial charge in [-0.05, 0) is 42.4 Å². The molecule has 0 bridgehead atoms. The van der Waals surface area contributed by atoms with Gasteiger partial charge in [0.25, 0.3) is 0 Å². The summed E-state index contributed by atoms with van der Waals surface area (Å²) in [7, 11) is 0. The van der Waals surface area contributed by atoms with E-state index >= 15 is 0 Å². The first-order valence-electron chi connectivity index (χ1n) is 7.40. The third-order valence-corrected chi connectivity index (χ3v) is 4.36. The summed E-state index contributed by atoms with van der Waals surface area (Å²) in [6.45, 7) is 2.11. The zero-order valence-electron chi connectivity index (χ0n) is 12.0. The lowest BCUT2D eigenvalue weighted by molar-refractivity contribution is 0.419. The third kappa shape index (κ3) is 2.62. The van der Waals surface area contributed by atoms with Gasteiger partial charge in [-0.15, -0.1) is 0 Å². The Bertz CT molecular complexity index is 587. The fourth-order valence-corrected chi connectivity index (χ4v) is 2.97. The zero-order chi connectivity index (χ0) is 13.9. The van der Waals surface area contributed by atoms with Gasteiger partial charge in [-0.3, -0.25) is 5.84 Å². The maximum absolute atomic E-state index is 5.81. The maximum Gasteiger partial charge on any atom is 0.0710 e. The Labute approximate surface area is 121 Å². The van der Waals surface area contributed by atoms with E-state index in [4.69, 9.17) is 5.84 Å². The van der Waals surface area contributed by atoms with Gasteiger partial charge in [-0.2, -0.15) is 0 Å². The molecule has 20 heavy (non-hydrogen) atoms. The van der Waals surface area contributed by atoms with Gasteiger partial charge in [-0.1, -0.05) is 60.5 Å². The van der Waals surface area contributed by atoms with E-state index in [9.17, 15) is 0 Å². The summed E-state index contributed by atoms with van der Waals surface area (Å²) in [5, 5.41) is 0. The third-order valence-electron chi connectivity index (χ3n) is 4.36. The molecule has 0 amide bonds. The van der Waals surface area contributed by atoms with Crippen LogP contribution in [-0.2, 0) is 0 Å². The summed E-state index contributed by atoms with van der Waals surface area (Å²) >= 11 is 0. The van der Waals surface area contributed by atoms with E-state index in [1.807, 2.05) is 0 Å². The number of benzene rings is 2. The average molecular weight is 266 g/mol. The van der Waals surface area contributed by atoms with E-state index in [2.05, 4.69) is 60.9 Å². The second-order valence-corrected chi connectivity index (χ2v) is 5.81. The van der Waals surface area contributed by atoms with Gasteiger partial charge >= 0.3 is 0 Å². The summed E-state index contributed by atoms with van der Waals surface area (Å²) in [4.78, 5) is 0. The Morgan fingerprint density at radius 3 is 2.35 bits per heavy atom. The molecular formula is C18H22N2. The fraction of sp³-hybridized carbons (Fsp3) is 0.333. The predicted octanol–water partition coefficient (Wildman–Crippen LogP) is 3.82. The van der Waals surface area contributed by atoms with Crippen LogP contribution in [0.1, 0.15) is 53.5 Å². The Morgan fingerprint density at radius 2 is 1.75 bits per heavy atom. The SMILES string of the molecule is Cc1cccc(C(NN)c2cccc(C3CCC3)c2)c1. The van der Waals surface area contributed by atoms with Crippen LogP contribution in [0, 0.1) is 6.92 Å². The van der Waals surface area contributed by atoms with Crippen LogP contribution in [-0.4, -0.2) is 0 Å². The van der Waals surface area contributed by atoms with Crippen LogP contribution >= 0.6 is 0 Å². The van der Waals surface area contributed by atoms with Crippen LogP contribution < -0.4 is 11.3 Å². The lowest BCUT2D eigenvalue weighted by atomic mass is 9.79. The van der Waals surface area contributed by atoms with Gasteiger partial charge in [0.15, 0.2) is 0 Å². The van der Waals surface area contributed by atoms with E-state index in [1.54, 1.807) is 0 Å².